The molecule has 0 saturated carbocycles. The van der Waals surface area contributed by atoms with E-state index in [1.54, 1.807) is 17.0 Å². The molecule has 1 heterocycles. The molecule has 0 spiro atoms. The number of anilines is 2. The fourth-order valence-corrected chi connectivity index (χ4v) is 2.26. The third-order valence-electron chi connectivity index (χ3n) is 3.44. The lowest BCUT2D eigenvalue weighted by Gasteiger charge is -2.26. The molecule has 1 aromatic carbocycles. The number of carbonyl (C=O) groups excluding carboxylic acids is 2. The number of carbonyl (C=O) groups is 2. The number of nitrogen functional groups attached to an aromatic ring is 1. The SMILES string of the molecule is Cc1cc(N)ccc1NC(=O)CCCN1CCOCC1=O. The van der Waals surface area contributed by atoms with Crippen molar-refractivity contribution in [2.45, 2.75) is 19.8 Å². The van der Waals surface area contributed by atoms with Crippen molar-refractivity contribution in [3.05, 3.63) is 23.8 Å². The molecule has 6 nitrogen and oxygen atoms in total. The zero-order valence-corrected chi connectivity index (χ0v) is 12.2. The second kappa shape index (κ2) is 7.08. The second-order valence-electron chi connectivity index (χ2n) is 5.16. The van der Waals surface area contributed by atoms with E-state index in [4.69, 9.17) is 10.5 Å². The van der Waals surface area contributed by atoms with Gasteiger partial charge in [0.1, 0.15) is 6.61 Å². The summed E-state index contributed by atoms with van der Waals surface area (Å²) in [7, 11) is 0. The monoisotopic (exact) mass is 291 g/mol. The molecular formula is C15H21N3O3. The van der Waals surface area contributed by atoms with Crippen LogP contribution in [0.3, 0.4) is 0 Å². The molecule has 0 aromatic heterocycles. The minimum atomic E-state index is -0.0522. The van der Waals surface area contributed by atoms with E-state index in [2.05, 4.69) is 5.32 Å². The highest BCUT2D eigenvalue weighted by molar-refractivity contribution is 5.91. The molecule has 0 bridgehead atoms. The first-order valence-electron chi connectivity index (χ1n) is 7.08. The summed E-state index contributed by atoms with van der Waals surface area (Å²) in [6.45, 7) is 3.83. The van der Waals surface area contributed by atoms with E-state index in [1.165, 1.54) is 0 Å². The molecule has 0 unspecified atom stereocenters. The van der Waals surface area contributed by atoms with Gasteiger partial charge >= 0.3 is 0 Å². The summed E-state index contributed by atoms with van der Waals surface area (Å²) in [4.78, 5) is 25.2. The van der Waals surface area contributed by atoms with Crippen LogP contribution in [0.2, 0.25) is 0 Å². The number of hydrogen-bond acceptors (Lipinski definition) is 4. The summed E-state index contributed by atoms with van der Waals surface area (Å²) in [6, 6.07) is 5.38. The predicted molar refractivity (Wildman–Crippen MR) is 80.9 cm³/mol. The largest absolute Gasteiger partial charge is 0.399 e. The third-order valence-corrected chi connectivity index (χ3v) is 3.44. The van der Waals surface area contributed by atoms with Gasteiger partial charge in [-0.25, -0.2) is 0 Å². The van der Waals surface area contributed by atoms with E-state index in [0.717, 1.165) is 11.3 Å². The fraction of sp³-hybridized carbons (Fsp3) is 0.467. The maximum absolute atomic E-state index is 11.9. The number of benzene rings is 1. The zero-order valence-electron chi connectivity index (χ0n) is 12.2. The average Bonchev–Trinajstić information content (AvgIpc) is 2.44. The molecule has 1 aromatic rings. The molecule has 1 fully saturated rings. The van der Waals surface area contributed by atoms with E-state index >= 15 is 0 Å². The number of ether oxygens (including phenoxy) is 1. The molecule has 0 radical (unpaired) electrons. The van der Waals surface area contributed by atoms with Gasteiger partial charge in [0.2, 0.25) is 11.8 Å². The Kier molecular flexibility index (Phi) is 5.16. The molecule has 2 amide bonds. The van der Waals surface area contributed by atoms with Gasteiger partial charge in [-0.05, 0) is 37.1 Å². The van der Waals surface area contributed by atoms with Gasteiger partial charge in [-0.15, -0.1) is 0 Å². The van der Waals surface area contributed by atoms with Gasteiger partial charge in [0, 0.05) is 30.9 Å². The van der Waals surface area contributed by atoms with Gasteiger partial charge in [0.15, 0.2) is 0 Å². The van der Waals surface area contributed by atoms with Gasteiger partial charge in [0.05, 0.1) is 6.61 Å². The van der Waals surface area contributed by atoms with Crippen LogP contribution in [0.5, 0.6) is 0 Å². The van der Waals surface area contributed by atoms with Crippen molar-refractivity contribution >= 4 is 23.2 Å². The Bertz CT molecular complexity index is 531. The van der Waals surface area contributed by atoms with Crippen molar-refractivity contribution in [1.29, 1.82) is 0 Å². The number of hydrogen-bond donors (Lipinski definition) is 2. The summed E-state index contributed by atoms with van der Waals surface area (Å²) < 4.78 is 5.06. The topological polar surface area (TPSA) is 84.7 Å². The van der Waals surface area contributed by atoms with E-state index in [0.29, 0.717) is 38.2 Å². The maximum atomic E-state index is 11.9. The van der Waals surface area contributed by atoms with E-state index in [-0.39, 0.29) is 18.4 Å². The zero-order chi connectivity index (χ0) is 15.2. The first kappa shape index (κ1) is 15.3. The summed E-state index contributed by atoms with van der Waals surface area (Å²) >= 11 is 0. The molecule has 114 valence electrons. The van der Waals surface area contributed by atoms with Crippen LogP contribution in [0.4, 0.5) is 11.4 Å². The van der Waals surface area contributed by atoms with E-state index in [9.17, 15) is 9.59 Å². The Morgan fingerprint density at radius 2 is 2.29 bits per heavy atom. The van der Waals surface area contributed by atoms with Crippen LogP contribution in [-0.2, 0) is 14.3 Å². The predicted octanol–water partition coefficient (Wildman–Crippen LogP) is 1.15. The van der Waals surface area contributed by atoms with Crippen molar-refractivity contribution in [1.82, 2.24) is 4.90 Å². The normalized spacial score (nSPS) is 15.1. The highest BCUT2D eigenvalue weighted by Gasteiger charge is 2.18. The average molecular weight is 291 g/mol. The molecule has 21 heavy (non-hydrogen) atoms. The number of rotatable bonds is 5. The fourth-order valence-electron chi connectivity index (χ4n) is 2.26. The smallest absolute Gasteiger partial charge is 0.248 e. The summed E-state index contributed by atoms with van der Waals surface area (Å²) in [5, 5.41) is 2.86. The standard InChI is InChI=1S/C15H21N3O3/c1-11-9-12(16)4-5-13(11)17-14(19)3-2-6-18-7-8-21-10-15(18)20/h4-5,9H,2-3,6-8,10,16H2,1H3,(H,17,19). The Morgan fingerprint density at radius 3 is 3.00 bits per heavy atom. The Labute approximate surface area is 124 Å². The van der Waals surface area contributed by atoms with Crippen molar-refractivity contribution in [2.75, 3.05) is 37.4 Å². The number of nitrogens with two attached hydrogens (primary N) is 1. The molecule has 6 heteroatoms. The van der Waals surface area contributed by atoms with Crippen molar-refractivity contribution in [3.8, 4) is 0 Å². The highest BCUT2D eigenvalue weighted by atomic mass is 16.5. The molecule has 0 atom stereocenters. The number of nitrogens with zero attached hydrogens (tertiary/aromatic N) is 1. The molecule has 2 rings (SSSR count). The Hall–Kier alpha value is -2.08. The second-order valence-corrected chi connectivity index (χ2v) is 5.16. The van der Waals surface area contributed by atoms with Crippen molar-refractivity contribution < 1.29 is 14.3 Å². The lowest BCUT2D eigenvalue weighted by atomic mass is 10.1. The van der Waals surface area contributed by atoms with Crippen LogP contribution in [-0.4, -0.2) is 43.0 Å². The van der Waals surface area contributed by atoms with Crippen LogP contribution in [0.25, 0.3) is 0 Å². The van der Waals surface area contributed by atoms with Gasteiger partial charge in [-0.3, -0.25) is 9.59 Å². The van der Waals surface area contributed by atoms with Crippen LogP contribution in [0.15, 0.2) is 18.2 Å². The van der Waals surface area contributed by atoms with Crippen molar-refractivity contribution in [2.24, 2.45) is 0 Å². The van der Waals surface area contributed by atoms with Gasteiger partial charge in [-0.2, -0.15) is 0 Å². The summed E-state index contributed by atoms with van der Waals surface area (Å²) in [5.41, 5.74) is 8.06. The molecule has 3 N–H and O–H groups in total. The number of morpholine rings is 1. The van der Waals surface area contributed by atoms with Crippen LogP contribution < -0.4 is 11.1 Å². The summed E-state index contributed by atoms with van der Waals surface area (Å²) in [6.07, 6.45) is 1.03. The molecule has 0 aliphatic carbocycles. The lowest BCUT2D eigenvalue weighted by Crippen LogP contribution is -2.42. The number of nitrogens with one attached hydrogen (secondary N) is 1. The number of aryl methyl sites for hydroxylation is 1. The quantitative estimate of drug-likeness (QED) is 0.797. The third kappa shape index (κ3) is 4.46. The Balaban J connectivity index is 1.75. The molecule has 1 aliphatic heterocycles. The van der Waals surface area contributed by atoms with Gasteiger partial charge < -0.3 is 20.7 Å². The van der Waals surface area contributed by atoms with E-state index in [1.807, 2.05) is 13.0 Å². The molecular weight excluding hydrogens is 270 g/mol. The van der Waals surface area contributed by atoms with Crippen LogP contribution >= 0.6 is 0 Å². The minimum Gasteiger partial charge on any atom is -0.399 e. The lowest BCUT2D eigenvalue weighted by molar-refractivity contribution is -0.142. The Morgan fingerprint density at radius 1 is 1.48 bits per heavy atom. The minimum absolute atomic E-state index is 0.00367. The summed E-state index contributed by atoms with van der Waals surface area (Å²) in [5.74, 6) is -0.0559. The van der Waals surface area contributed by atoms with E-state index < -0.39 is 0 Å². The van der Waals surface area contributed by atoms with Crippen LogP contribution in [0, 0.1) is 6.92 Å². The van der Waals surface area contributed by atoms with Crippen molar-refractivity contribution in [3.63, 3.8) is 0 Å². The highest BCUT2D eigenvalue weighted by Crippen LogP contribution is 2.17. The first-order chi connectivity index (χ1) is 10.1. The number of amides is 2. The molecule has 1 saturated heterocycles. The van der Waals surface area contributed by atoms with Crippen LogP contribution in [0.1, 0.15) is 18.4 Å². The van der Waals surface area contributed by atoms with Gasteiger partial charge in [0.25, 0.3) is 0 Å². The maximum Gasteiger partial charge on any atom is 0.248 e. The molecule has 1 aliphatic rings. The first-order valence-corrected chi connectivity index (χ1v) is 7.08. The van der Waals surface area contributed by atoms with Gasteiger partial charge in [-0.1, -0.05) is 0 Å².